The fourth-order valence-corrected chi connectivity index (χ4v) is 4.95. The number of aromatic nitrogens is 1. The van der Waals surface area contributed by atoms with Crippen LogP contribution in [0.5, 0.6) is 5.75 Å². The summed E-state index contributed by atoms with van der Waals surface area (Å²) in [6.45, 7) is 3.78. The number of H-pyrrole nitrogens is 1. The molecule has 1 aliphatic carbocycles. The van der Waals surface area contributed by atoms with Gasteiger partial charge in [-0.2, -0.15) is 0 Å². The van der Waals surface area contributed by atoms with E-state index in [0.717, 1.165) is 42.8 Å². The van der Waals surface area contributed by atoms with Crippen LogP contribution in [0, 0.1) is 6.92 Å². The Hall–Kier alpha value is -2.83. The minimum atomic E-state index is -0.897. The van der Waals surface area contributed by atoms with Gasteiger partial charge in [-0.1, -0.05) is 12.1 Å². The number of likely N-dealkylation sites (tertiary alicyclic amines) is 1. The lowest BCUT2D eigenvalue weighted by Gasteiger charge is -2.40. The van der Waals surface area contributed by atoms with Gasteiger partial charge < -0.3 is 19.6 Å². The minimum absolute atomic E-state index is 0.162. The number of benzene rings is 2. The Morgan fingerprint density at radius 1 is 1.16 bits per heavy atom. The SMILES string of the molecule is COc1cc(C)c2[nH]ccc2c1CN1CC[C@H](OC2CC2)C[C@H]1c1ccc(C(=O)O)cc1. The van der Waals surface area contributed by atoms with E-state index in [0.29, 0.717) is 11.7 Å². The van der Waals surface area contributed by atoms with Crippen LogP contribution in [0.15, 0.2) is 42.6 Å². The summed E-state index contributed by atoms with van der Waals surface area (Å²) in [6.07, 6.45) is 6.92. The van der Waals surface area contributed by atoms with Crippen molar-refractivity contribution in [1.29, 1.82) is 0 Å². The number of fused-ring (bicyclic) bond motifs is 1. The van der Waals surface area contributed by atoms with Crippen LogP contribution in [-0.2, 0) is 11.3 Å². The molecular formula is C26H30N2O4. The summed E-state index contributed by atoms with van der Waals surface area (Å²) in [5.41, 5.74) is 4.95. The zero-order valence-electron chi connectivity index (χ0n) is 18.6. The molecule has 1 aliphatic heterocycles. The number of methoxy groups -OCH3 is 1. The normalized spacial score (nSPS) is 21.7. The molecular weight excluding hydrogens is 404 g/mol. The lowest BCUT2D eigenvalue weighted by atomic mass is 9.91. The second-order valence-corrected chi connectivity index (χ2v) is 9.04. The number of aromatic amines is 1. The molecule has 0 radical (unpaired) electrons. The summed E-state index contributed by atoms with van der Waals surface area (Å²) in [7, 11) is 1.73. The molecule has 2 atom stereocenters. The van der Waals surface area contributed by atoms with E-state index in [1.54, 1.807) is 19.2 Å². The monoisotopic (exact) mass is 434 g/mol. The molecule has 2 fully saturated rings. The van der Waals surface area contributed by atoms with Crippen LogP contribution in [0.1, 0.15) is 58.8 Å². The van der Waals surface area contributed by atoms with E-state index >= 15 is 0 Å². The maximum atomic E-state index is 11.3. The van der Waals surface area contributed by atoms with Gasteiger partial charge in [-0.15, -0.1) is 0 Å². The van der Waals surface area contributed by atoms with Gasteiger partial charge in [0.2, 0.25) is 0 Å². The summed E-state index contributed by atoms with van der Waals surface area (Å²) in [5, 5.41) is 10.5. The number of nitrogens with one attached hydrogen (secondary N) is 1. The fourth-order valence-electron chi connectivity index (χ4n) is 4.95. The highest BCUT2D eigenvalue weighted by atomic mass is 16.5. The molecule has 1 saturated heterocycles. The molecule has 2 heterocycles. The standard InChI is InChI=1S/C26H30N2O4/c1-16-13-24(31-2)22(21-9-11-27-25(16)21)15-28-12-10-20(32-19-7-8-19)14-23(28)17-3-5-18(6-4-17)26(29)30/h3-6,9,11,13,19-20,23,27H,7-8,10,12,14-15H2,1-2H3,(H,29,30)/t20-,23-/m0/s1. The summed E-state index contributed by atoms with van der Waals surface area (Å²) in [6, 6.07) is 11.7. The minimum Gasteiger partial charge on any atom is -0.496 e. The second kappa shape index (κ2) is 8.60. The van der Waals surface area contributed by atoms with E-state index in [9.17, 15) is 9.90 Å². The zero-order valence-corrected chi connectivity index (χ0v) is 18.6. The largest absolute Gasteiger partial charge is 0.496 e. The van der Waals surface area contributed by atoms with Crippen molar-refractivity contribution in [3.05, 3.63) is 64.8 Å². The summed E-state index contributed by atoms with van der Waals surface area (Å²) in [5.74, 6) is 0.0113. The summed E-state index contributed by atoms with van der Waals surface area (Å²) in [4.78, 5) is 17.2. The first-order valence-electron chi connectivity index (χ1n) is 11.4. The van der Waals surface area contributed by atoms with Crippen LogP contribution in [0.2, 0.25) is 0 Å². The first kappa shape index (κ1) is 21.0. The number of hydrogen-bond donors (Lipinski definition) is 2. The Labute approximate surface area is 188 Å². The van der Waals surface area contributed by atoms with Crippen LogP contribution in [-0.4, -0.2) is 46.8 Å². The van der Waals surface area contributed by atoms with Crippen LogP contribution in [0.25, 0.3) is 10.9 Å². The van der Waals surface area contributed by atoms with Gasteiger partial charge in [0.1, 0.15) is 5.75 Å². The number of nitrogens with zero attached hydrogens (tertiary/aromatic N) is 1. The second-order valence-electron chi connectivity index (χ2n) is 9.04. The summed E-state index contributed by atoms with van der Waals surface area (Å²) < 4.78 is 12.1. The van der Waals surface area contributed by atoms with Crippen molar-refractivity contribution in [2.75, 3.05) is 13.7 Å². The predicted molar refractivity (Wildman–Crippen MR) is 123 cm³/mol. The van der Waals surface area contributed by atoms with E-state index in [4.69, 9.17) is 9.47 Å². The third-order valence-electron chi connectivity index (χ3n) is 6.81. The molecule has 5 rings (SSSR count). The number of piperidine rings is 1. The molecule has 6 nitrogen and oxygen atoms in total. The van der Waals surface area contributed by atoms with Crippen molar-refractivity contribution in [3.8, 4) is 5.75 Å². The molecule has 6 heteroatoms. The number of carbonyl (C=O) groups is 1. The van der Waals surface area contributed by atoms with E-state index in [1.165, 1.54) is 29.4 Å². The van der Waals surface area contributed by atoms with Crippen LogP contribution in [0.3, 0.4) is 0 Å². The van der Waals surface area contributed by atoms with Crippen LogP contribution < -0.4 is 4.74 Å². The molecule has 0 bridgehead atoms. The van der Waals surface area contributed by atoms with Crippen molar-refractivity contribution < 1.29 is 19.4 Å². The fraction of sp³-hybridized carbons (Fsp3) is 0.423. The van der Waals surface area contributed by atoms with Gasteiger partial charge in [0.05, 0.1) is 24.9 Å². The molecule has 2 aromatic carbocycles. The number of hydrogen-bond acceptors (Lipinski definition) is 4. The average molecular weight is 435 g/mol. The number of carboxylic acids is 1. The molecule has 1 saturated carbocycles. The third kappa shape index (κ3) is 4.12. The Morgan fingerprint density at radius 3 is 2.62 bits per heavy atom. The quantitative estimate of drug-likeness (QED) is 0.543. The Kier molecular flexibility index (Phi) is 5.66. The Bertz CT molecular complexity index is 1120. The molecule has 32 heavy (non-hydrogen) atoms. The number of ether oxygens (including phenoxy) is 2. The number of aromatic carboxylic acids is 1. The predicted octanol–water partition coefficient (Wildman–Crippen LogP) is 5.07. The molecule has 2 N–H and O–H groups in total. The van der Waals surface area contributed by atoms with Crippen LogP contribution >= 0.6 is 0 Å². The van der Waals surface area contributed by atoms with Gasteiger partial charge in [-0.3, -0.25) is 4.90 Å². The van der Waals surface area contributed by atoms with Gasteiger partial charge in [0.15, 0.2) is 0 Å². The number of rotatable bonds is 7. The van der Waals surface area contributed by atoms with Gasteiger partial charge in [-0.05, 0) is 68.0 Å². The zero-order chi connectivity index (χ0) is 22.2. The van der Waals surface area contributed by atoms with Crippen LogP contribution in [0.4, 0.5) is 0 Å². The van der Waals surface area contributed by atoms with E-state index in [-0.39, 0.29) is 12.1 Å². The van der Waals surface area contributed by atoms with Crippen molar-refractivity contribution >= 4 is 16.9 Å². The highest BCUT2D eigenvalue weighted by Crippen LogP contribution is 2.39. The molecule has 0 spiro atoms. The van der Waals surface area contributed by atoms with Gasteiger partial charge >= 0.3 is 5.97 Å². The first-order valence-corrected chi connectivity index (χ1v) is 11.4. The molecule has 3 aromatic rings. The van der Waals surface area contributed by atoms with Crippen molar-refractivity contribution in [1.82, 2.24) is 9.88 Å². The lowest BCUT2D eigenvalue weighted by molar-refractivity contribution is -0.0274. The van der Waals surface area contributed by atoms with Gasteiger partial charge in [0.25, 0.3) is 0 Å². The molecule has 0 amide bonds. The topological polar surface area (TPSA) is 74.8 Å². The van der Waals surface area contributed by atoms with Crippen molar-refractivity contribution in [3.63, 3.8) is 0 Å². The van der Waals surface area contributed by atoms with E-state index < -0.39 is 5.97 Å². The van der Waals surface area contributed by atoms with E-state index in [2.05, 4.69) is 28.9 Å². The third-order valence-corrected chi connectivity index (χ3v) is 6.81. The molecule has 168 valence electrons. The maximum Gasteiger partial charge on any atom is 0.335 e. The van der Waals surface area contributed by atoms with Gasteiger partial charge in [-0.25, -0.2) is 4.79 Å². The maximum absolute atomic E-state index is 11.3. The number of carboxylic acid groups (broad SMARTS) is 1. The van der Waals surface area contributed by atoms with Crippen molar-refractivity contribution in [2.24, 2.45) is 0 Å². The molecule has 0 unspecified atom stereocenters. The average Bonchev–Trinajstić information content (AvgIpc) is 3.47. The Morgan fingerprint density at radius 2 is 1.94 bits per heavy atom. The van der Waals surface area contributed by atoms with Gasteiger partial charge in [0, 0.05) is 41.8 Å². The van der Waals surface area contributed by atoms with Crippen molar-refractivity contribution in [2.45, 2.75) is 57.4 Å². The lowest BCUT2D eigenvalue weighted by Crippen LogP contribution is -2.39. The molecule has 1 aromatic heterocycles. The smallest absolute Gasteiger partial charge is 0.335 e. The Balaban J connectivity index is 1.47. The highest BCUT2D eigenvalue weighted by Gasteiger charge is 2.34. The number of aryl methyl sites for hydroxylation is 1. The first-order chi connectivity index (χ1) is 15.5. The highest BCUT2D eigenvalue weighted by molar-refractivity contribution is 5.88. The van der Waals surface area contributed by atoms with E-state index in [1.807, 2.05) is 18.3 Å². The molecule has 2 aliphatic rings. The summed E-state index contributed by atoms with van der Waals surface area (Å²) >= 11 is 0.